The molecule has 2 unspecified atom stereocenters. The topological polar surface area (TPSA) is 38.5 Å². The van der Waals surface area contributed by atoms with E-state index >= 15 is 0 Å². The number of halogens is 1. The van der Waals surface area contributed by atoms with Crippen molar-refractivity contribution in [2.24, 2.45) is 5.73 Å². The zero-order valence-corrected chi connectivity index (χ0v) is 11.7. The van der Waals surface area contributed by atoms with Crippen molar-refractivity contribution in [3.05, 3.63) is 35.1 Å². The van der Waals surface area contributed by atoms with E-state index in [1.54, 1.807) is 6.07 Å². The van der Waals surface area contributed by atoms with Gasteiger partial charge in [0.15, 0.2) is 0 Å². The van der Waals surface area contributed by atoms with Crippen molar-refractivity contribution in [2.75, 3.05) is 26.2 Å². The predicted molar refractivity (Wildman–Crippen MR) is 74.5 cm³/mol. The Hall–Kier alpha value is -0.970. The Balaban J connectivity index is 2.36. The molecule has 2 atom stereocenters. The Labute approximate surface area is 114 Å². The van der Waals surface area contributed by atoms with Crippen molar-refractivity contribution >= 4 is 0 Å². The molecular formula is C15H23FN2O. The van der Waals surface area contributed by atoms with Gasteiger partial charge >= 0.3 is 0 Å². The Morgan fingerprint density at radius 2 is 2.26 bits per heavy atom. The highest BCUT2D eigenvalue weighted by atomic mass is 19.1. The van der Waals surface area contributed by atoms with Crippen LogP contribution in [-0.2, 0) is 4.74 Å². The number of morpholine rings is 1. The lowest BCUT2D eigenvalue weighted by molar-refractivity contribution is -0.0678. The van der Waals surface area contributed by atoms with Gasteiger partial charge in [0.05, 0.1) is 18.8 Å². The molecule has 3 nitrogen and oxygen atoms in total. The maximum Gasteiger partial charge on any atom is 0.123 e. The number of aryl methyl sites for hydroxylation is 1. The number of hydrogen-bond donors (Lipinski definition) is 1. The zero-order valence-electron chi connectivity index (χ0n) is 11.7. The fraction of sp³-hybridized carbons (Fsp3) is 0.600. The van der Waals surface area contributed by atoms with Gasteiger partial charge in [0, 0.05) is 13.1 Å². The van der Waals surface area contributed by atoms with Gasteiger partial charge in [-0.1, -0.05) is 13.0 Å². The summed E-state index contributed by atoms with van der Waals surface area (Å²) in [6, 6.07) is 5.02. The van der Waals surface area contributed by atoms with E-state index in [-0.39, 0.29) is 18.0 Å². The van der Waals surface area contributed by atoms with Crippen LogP contribution in [0.15, 0.2) is 18.2 Å². The molecule has 0 aliphatic carbocycles. The number of nitrogens with two attached hydrogens (primary N) is 1. The maximum absolute atomic E-state index is 13.6. The minimum absolute atomic E-state index is 0.0548. The van der Waals surface area contributed by atoms with Crippen LogP contribution in [-0.4, -0.2) is 37.2 Å². The summed E-state index contributed by atoms with van der Waals surface area (Å²) in [5, 5.41) is 0. The Morgan fingerprint density at radius 1 is 1.47 bits per heavy atom. The van der Waals surface area contributed by atoms with Crippen LogP contribution >= 0.6 is 0 Å². The summed E-state index contributed by atoms with van der Waals surface area (Å²) in [6.45, 7) is 7.20. The molecule has 0 bridgehead atoms. The lowest BCUT2D eigenvalue weighted by Gasteiger charge is -2.41. The lowest BCUT2D eigenvalue weighted by Crippen LogP contribution is -2.48. The highest BCUT2D eigenvalue weighted by molar-refractivity contribution is 5.31. The van der Waals surface area contributed by atoms with E-state index in [1.165, 1.54) is 6.07 Å². The molecule has 0 saturated carbocycles. The Bertz CT molecular complexity index is 423. The average molecular weight is 266 g/mol. The van der Waals surface area contributed by atoms with Gasteiger partial charge in [-0.25, -0.2) is 4.39 Å². The summed E-state index contributed by atoms with van der Waals surface area (Å²) in [6.07, 6.45) is 1.02. The SMILES string of the molecule is CCCN1CCOC(CN)C1c1cc(F)ccc1C. The molecule has 1 aromatic carbocycles. The van der Waals surface area contributed by atoms with Crippen LogP contribution in [0.25, 0.3) is 0 Å². The summed E-state index contributed by atoms with van der Waals surface area (Å²) >= 11 is 0. The third-order valence-corrected chi connectivity index (χ3v) is 3.76. The molecule has 1 heterocycles. The molecule has 0 radical (unpaired) electrons. The molecule has 1 saturated heterocycles. The minimum atomic E-state index is -0.196. The minimum Gasteiger partial charge on any atom is -0.374 e. The van der Waals surface area contributed by atoms with Crippen molar-refractivity contribution in [3.8, 4) is 0 Å². The van der Waals surface area contributed by atoms with E-state index in [2.05, 4.69) is 11.8 Å². The molecule has 1 aromatic rings. The first-order chi connectivity index (χ1) is 9.17. The highest BCUT2D eigenvalue weighted by Crippen LogP contribution is 2.31. The number of hydrogen-bond acceptors (Lipinski definition) is 3. The predicted octanol–water partition coefficient (Wildman–Crippen LogP) is 2.24. The summed E-state index contributed by atoms with van der Waals surface area (Å²) in [7, 11) is 0. The molecule has 1 aliphatic heterocycles. The quantitative estimate of drug-likeness (QED) is 0.908. The first kappa shape index (κ1) is 14.4. The van der Waals surface area contributed by atoms with Gasteiger partial charge in [0.1, 0.15) is 5.82 Å². The van der Waals surface area contributed by atoms with Crippen LogP contribution in [0.5, 0.6) is 0 Å². The second kappa shape index (κ2) is 6.46. The third-order valence-electron chi connectivity index (χ3n) is 3.76. The van der Waals surface area contributed by atoms with Crippen LogP contribution < -0.4 is 5.73 Å². The summed E-state index contributed by atoms with van der Waals surface area (Å²) < 4.78 is 19.3. The second-order valence-electron chi connectivity index (χ2n) is 5.13. The Morgan fingerprint density at radius 3 is 2.95 bits per heavy atom. The number of rotatable bonds is 4. The van der Waals surface area contributed by atoms with Gasteiger partial charge in [0.2, 0.25) is 0 Å². The summed E-state index contributed by atoms with van der Waals surface area (Å²) in [5.74, 6) is -0.196. The number of benzene rings is 1. The van der Waals surface area contributed by atoms with Crippen LogP contribution in [0.3, 0.4) is 0 Å². The van der Waals surface area contributed by atoms with Crippen molar-refractivity contribution < 1.29 is 9.13 Å². The van der Waals surface area contributed by atoms with Crippen molar-refractivity contribution in [1.29, 1.82) is 0 Å². The molecule has 0 amide bonds. The van der Waals surface area contributed by atoms with Crippen molar-refractivity contribution in [3.63, 3.8) is 0 Å². The van der Waals surface area contributed by atoms with Crippen LogP contribution in [0.1, 0.15) is 30.5 Å². The van der Waals surface area contributed by atoms with Crippen molar-refractivity contribution in [2.45, 2.75) is 32.4 Å². The van der Waals surface area contributed by atoms with Gasteiger partial charge in [0.25, 0.3) is 0 Å². The van der Waals surface area contributed by atoms with Gasteiger partial charge in [-0.3, -0.25) is 4.90 Å². The van der Waals surface area contributed by atoms with Crippen molar-refractivity contribution in [1.82, 2.24) is 4.90 Å². The molecule has 19 heavy (non-hydrogen) atoms. The van der Waals surface area contributed by atoms with Crippen LogP contribution in [0.4, 0.5) is 4.39 Å². The maximum atomic E-state index is 13.6. The molecule has 106 valence electrons. The molecule has 1 aliphatic rings. The van der Waals surface area contributed by atoms with Gasteiger partial charge in [-0.15, -0.1) is 0 Å². The average Bonchev–Trinajstić information content (AvgIpc) is 2.42. The van der Waals surface area contributed by atoms with Gasteiger partial charge in [-0.05, 0) is 43.1 Å². The smallest absolute Gasteiger partial charge is 0.123 e. The largest absolute Gasteiger partial charge is 0.374 e. The molecule has 4 heteroatoms. The molecular weight excluding hydrogens is 243 g/mol. The lowest BCUT2D eigenvalue weighted by atomic mass is 9.94. The third kappa shape index (κ3) is 3.14. The molecule has 2 N–H and O–H groups in total. The number of ether oxygens (including phenoxy) is 1. The van der Waals surface area contributed by atoms with E-state index < -0.39 is 0 Å². The monoisotopic (exact) mass is 266 g/mol. The fourth-order valence-corrected chi connectivity index (χ4v) is 2.85. The molecule has 0 spiro atoms. The van der Waals surface area contributed by atoms with Crippen LogP contribution in [0.2, 0.25) is 0 Å². The summed E-state index contributed by atoms with van der Waals surface area (Å²) in [4.78, 5) is 2.36. The number of nitrogens with zero attached hydrogens (tertiary/aromatic N) is 1. The highest BCUT2D eigenvalue weighted by Gasteiger charge is 2.33. The molecule has 0 aromatic heterocycles. The fourth-order valence-electron chi connectivity index (χ4n) is 2.85. The van der Waals surface area contributed by atoms with Gasteiger partial charge < -0.3 is 10.5 Å². The first-order valence-corrected chi connectivity index (χ1v) is 6.99. The standard InChI is InChI=1S/C15H23FN2O/c1-3-6-18-7-8-19-14(10-17)15(18)13-9-12(16)5-4-11(13)2/h4-5,9,14-15H,3,6-8,10,17H2,1-2H3. The first-order valence-electron chi connectivity index (χ1n) is 6.99. The van der Waals surface area contributed by atoms with E-state index in [4.69, 9.17) is 10.5 Å². The summed E-state index contributed by atoms with van der Waals surface area (Å²) in [5.41, 5.74) is 7.93. The van der Waals surface area contributed by atoms with Gasteiger partial charge in [-0.2, -0.15) is 0 Å². The Kier molecular flexibility index (Phi) is 4.91. The van der Waals surface area contributed by atoms with Crippen LogP contribution in [0, 0.1) is 12.7 Å². The normalized spacial score (nSPS) is 24.6. The molecule has 1 fully saturated rings. The zero-order chi connectivity index (χ0) is 13.8. The molecule has 2 rings (SSSR count). The van der Waals surface area contributed by atoms with E-state index in [9.17, 15) is 4.39 Å². The van der Waals surface area contributed by atoms with E-state index in [0.29, 0.717) is 13.2 Å². The van der Waals surface area contributed by atoms with E-state index in [1.807, 2.05) is 13.0 Å². The second-order valence-corrected chi connectivity index (χ2v) is 5.13. The van der Waals surface area contributed by atoms with E-state index in [0.717, 1.165) is 30.6 Å².